The molecule has 1 fully saturated rings. The van der Waals surface area contributed by atoms with Crippen LogP contribution in [0.5, 0.6) is 0 Å². The Kier molecular flexibility index (Phi) is 4.36. The van der Waals surface area contributed by atoms with E-state index in [-0.39, 0.29) is 5.82 Å². The van der Waals surface area contributed by atoms with Crippen LogP contribution in [-0.4, -0.2) is 17.5 Å². The molecule has 2 rings (SSSR count). The van der Waals surface area contributed by atoms with Crippen molar-refractivity contribution >= 4 is 0 Å². The van der Waals surface area contributed by atoms with Crippen molar-refractivity contribution in [1.82, 2.24) is 4.90 Å². The van der Waals surface area contributed by atoms with Gasteiger partial charge in [-0.3, -0.25) is 4.90 Å². The van der Waals surface area contributed by atoms with Crippen LogP contribution in [0.3, 0.4) is 0 Å². The van der Waals surface area contributed by atoms with Crippen molar-refractivity contribution in [3.05, 3.63) is 35.1 Å². The van der Waals surface area contributed by atoms with E-state index in [0.29, 0.717) is 18.5 Å². The number of halogens is 1. The third-order valence-corrected chi connectivity index (χ3v) is 3.95. The molecule has 1 aromatic rings. The van der Waals surface area contributed by atoms with Gasteiger partial charge in [0.25, 0.3) is 0 Å². The summed E-state index contributed by atoms with van der Waals surface area (Å²) in [6, 6.07) is 5.64. The SMILES string of the molecule is CC(C)C1CCCN1Cc1ccc(F)cc1CN. The van der Waals surface area contributed by atoms with Gasteiger partial charge in [0.2, 0.25) is 0 Å². The lowest BCUT2D eigenvalue weighted by molar-refractivity contribution is 0.198. The van der Waals surface area contributed by atoms with E-state index < -0.39 is 0 Å². The Morgan fingerprint density at radius 3 is 2.83 bits per heavy atom. The molecule has 2 N–H and O–H groups in total. The second-order valence-electron chi connectivity index (χ2n) is 5.54. The molecular weight excluding hydrogens is 227 g/mol. The van der Waals surface area contributed by atoms with Gasteiger partial charge in [-0.05, 0) is 48.6 Å². The van der Waals surface area contributed by atoms with E-state index in [9.17, 15) is 4.39 Å². The smallest absolute Gasteiger partial charge is 0.123 e. The van der Waals surface area contributed by atoms with Gasteiger partial charge in [-0.15, -0.1) is 0 Å². The van der Waals surface area contributed by atoms with E-state index in [1.54, 1.807) is 6.07 Å². The fraction of sp³-hybridized carbons (Fsp3) is 0.600. The number of hydrogen-bond donors (Lipinski definition) is 1. The maximum atomic E-state index is 13.2. The summed E-state index contributed by atoms with van der Waals surface area (Å²) in [4.78, 5) is 2.51. The second-order valence-corrected chi connectivity index (χ2v) is 5.54. The molecule has 0 bridgehead atoms. The molecule has 1 aromatic carbocycles. The predicted octanol–water partition coefficient (Wildman–Crippen LogP) is 2.90. The summed E-state index contributed by atoms with van der Waals surface area (Å²) < 4.78 is 13.2. The molecule has 0 saturated carbocycles. The molecule has 1 unspecified atom stereocenters. The first kappa shape index (κ1) is 13.5. The van der Waals surface area contributed by atoms with Crippen molar-refractivity contribution in [2.24, 2.45) is 11.7 Å². The molecule has 1 heterocycles. The van der Waals surface area contributed by atoms with Gasteiger partial charge >= 0.3 is 0 Å². The number of rotatable bonds is 4. The summed E-state index contributed by atoms with van der Waals surface area (Å²) in [6.07, 6.45) is 2.54. The third-order valence-electron chi connectivity index (χ3n) is 3.95. The summed E-state index contributed by atoms with van der Waals surface area (Å²) in [5.74, 6) is 0.482. The van der Waals surface area contributed by atoms with Crippen LogP contribution in [0, 0.1) is 11.7 Å². The van der Waals surface area contributed by atoms with Gasteiger partial charge < -0.3 is 5.73 Å². The highest BCUT2D eigenvalue weighted by atomic mass is 19.1. The molecule has 18 heavy (non-hydrogen) atoms. The lowest BCUT2D eigenvalue weighted by Crippen LogP contribution is -2.33. The maximum absolute atomic E-state index is 13.2. The van der Waals surface area contributed by atoms with Crippen molar-refractivity contribution in [2.45, 2.75) is 45.8 Å². The first-order valence-electron chi connectivity index (χ1n) is 6.83. The average molecular weight is 250 g/mol. The summed E-state index contributed by atoms with van der Waals surface area (Å²) in [5, 5.41) is 0. The fourth-order valence-corrected chi connectivity index (χ4v) is 2.96. The van der Waals surface area contributed by atoms with Crippen molar-refractivity contribution in [2.75, 3.05) is 6.54 Å². The van der Waals surface area contributed by atoms with E-state index in [0.717, 1.165) is 18.7 Å². The molecule has 1 atom stereocenters. The number of likely N-dealkylation sites (tertiary alicyclic amines) is 1. The number of nitrogens with zero attached hydrogens (tertiary/aromatic N) is 1. The zero-order valence-electron chi connectivity index (χ0n) is 11.3. The van der Waals surface area contributed by atoms with Crippen LogP contribution in [0.4, 0.5) is 4.39 Å². The summed E-state index contributed by atoms with van der Waals surface area (Å²) in [7, 11) is 0. The zero-order valence-corrected chi connectivity index (χ0v) is 11.3. The van der Waals surface area contributed by atoms with Crippen LogP contribution in [0.1, 0.15) is 37.8 Å². The normalized spacial score (nSPS) is 20.8. The molecule has 0 aliphatic carbocycles. The predicted molar refractivity (Wildman–Crippen MR) is 72.6 cm³/mol. The van der Waals surface area contributed by atoms with Gasteiger partial charge in [-0.2, -0.15) is 0 Å². The molecule has 0 aromatic heterocycles. The lowest BCUT2D eigenvalue weighted by Gasteiger charge is -2.28. The van der Waals surface area contributed by atoms with Gasteiger partial charge in [-0.1, -0.05) is 19.9 Å². The van der Waals surface area contributed by atoms with E-state index in [1.165, 1.54) is 24.5 Å². The minimum absolute atomic E-state index is 0.193. The van der Waals surface area contributed by atoms with Crippen LogP contribution in [0.15, 0.2) is 18.2 Å². The molecule has 1 saturated heterocycles. The summed E-state index contributed by atoms with van der Waals surface area (Å²) >= 11 is 0. The van der Waals surface area contributed by atoms with E-state index in [2.05, 4.69) is 18.7 Å². The molecule has 0 amide bonds. The largest absolute Gasteiger partial charge is 0.326 e. The Bertz CT molecular complexity index is 403. The molecule has 0 spiro atoms. The quantitative estimate of drug-likeness (QED) is 0.890. The Balaban J connectivity index is 2.13. The first-order valence-corrected chi connectivity index (χ1v) is 6.83. The Morgan fingerprint density at radius 2 is 2.17 bits per heavy atom. The van der Waals surface area contributed by atoms with Gasteiger partial charge in [0.05, 0.1) is 0 Å². The second kappa shape index (κ2) is 5.81. The highest BCUT2D eigenvalue weighted by molar-refractivity contribution is 5.28. The Labute approximate surface area is 109 Å². The number of nitrogens with two attached hydrogens (primary N) is 1. The Hall–Kier alpha value is -0.930. The van der Waals surface area contributed by atoms with Crippen LogP contribution >= 0.6 is 0 Å². The zero-order chi connectivity index (χ0) is 13.1. The van der Waals surface area contributed by atoms with Crippen LogP contribution in [0.25, 0.3) is 0 Å². The van der Waals surface area contributed by atoms with Crippen LogP contribution in [0.2, 0.25) is 0 Å². The van der Waals surface area contributed by atoms with Crippen molar-refractivity contribution in [1.29, 1.82) is 0 Å². The van der Waals surface area contributed by atoms with Crippen molar-refractivity contribution in [3.8, 4) is 0 Å². The molecule has 1 aliphatic heterocycles. The highest BCUT2D eigenvalue weighted by Crippen LogP contribution is 2.26. The topological polar surface area (TPSA) is 29.3 Å². The first-order chi connectivity index (χ1) is 8.61. The Morgan fingerprint density at radius 1 is 1.39 bits per heavy atom. The van der Waals surface area contributed by atoms with Gasteiger partial charge in [0, 0.05) is 19.1 Å². The lowest BCUT2D eigenvalue weighted by atomic mass is 10.0. The minimum Gasteiger partial charge on any atom is -0.326 e. The highest BCUT2D eigenvalue weighted by Gasteiger charge is 2.27. The van der Waals surface area contributed by atoms with Gasteiger partial charge in [0.1, 0.15) is 5.82 Å². The van der Waals surface area contributed by atoms with Crippen LogP contribution < -0.4 is 5.73 Å². The standard InChI is InChI=1S/C15H23FN2/c1-11(2)15-4-3-7-18(15)10-12-5-6-14(16)8-13(12)9-17/h5-6,8,11,15H,3-4,7,9-10,17H2,1-2H3. The van der Waals surface area contributed by atoms with Crippen LogP contribution in [-0.2, 0) is 13.1 Å². The van der Waals surface area contributed by atoms with Crippen molar-refractivity contribution in [3.63, 3.8) is 0 Å². The maximum Gasteiger partial charge on any atom is 0.123 e. The molecule has 0 radical (unpaired) electrons. The molecule has 1 aliphatic rings. The van der Waals surface area contributed by atoms with Crippen molar-refractivity contribution < 1.29 is 4.39 Å². The minimum atomic E-state index is -0.193. The van der Waals surface area contributed by atoms with Gasteiger partial charge in [-0.25, -0.2) is 4.39 Å². The third kappa shape index (κ3) is 2.90. The fourth-order valence-electron chi connectivity index (χ4n) is 2.96. The summed E-state index contributed by atoms with van der Waals surface area (Å²) in [5.41, 5.74) is 7.81. The van der Waals surface area contributed by atoms with E-state index >= 15 is 0 Å². The summed E-state index contributed by atoms with van der Waals surface area (Å²) in [6.45, 7) is 7.00. The van der Waals surface area contributed by atoms with E-state index in [4.69, 9.17) is 5.73 Å². The number of hydrogen-bond acceptors (Lipinski definition) is 2. The molecular formula is C15H23FN2. The molecule has 2 nitrogen and oxygen atoms in total. The van der Waals surface area contributed by atoms with Gasteiger partial charge in [0.15, 0.2) is 0 Å². The monoisotopic (exact) mass is 250 g/mol. The average Bonchev–Trinajstić information content (AvgIpc) is 2.79. The molecule has 100 valence electrons. The van der Waals surface area contributed by atoms with E-state index in [1.807, 2.05) is 6.07 Å². The molecule has 3 heteroatoms. The number of benzene rings is 1.